The molecule has 0 N–H and O–H groups in total. The van der Waals surface area contributed by atoms with Crippen LogP contribution >= 0.6 is 11.6 Å². The van der Waals surface area contributed by atoms with Crippen molar-refractivity contribution in [1.29, 1.82) is 0 Å². The summed E-state index contributed by atoms with van der Waals surface area (Å²) in [6, 6.07) is 24.9. The van der Waals surface area contributed by atoms with E-state index in [1.807, 2.05) is 78.9 Å². The van der Waals surface area contributed by atoms with Gasteiger partial charge in [0.05, 0.1) is 0 Å². The van der Waals surface area contributed by atoms with E-state index in [0.717, 1.165) is 22.4 Å². The fraction of sp³-hybridized carbons (Fsp3) is 0.192. The van der Waals surface area contributed by atoms with Crippen LogP contribution in [0.5, 0.6) is 5.75 Å². The number of carbonyl (C=O) groups is 1. The van der Waals surface area contributed by atoms with Crippen molar-refractivity contribution in [3.63, 3.8) is 0 Å². The zero-order valence-corrected chi connectivity index (χ0v) is 18.6. The number of amides is 1. The Kier molecular flexibility index (Phi) is 6.09. The van der Waals surface area contributed by atoms with Crippen LogP contribution in [0.3, 0.4) is 0 Å². The maximum absolute atomic E-state index is 12.5. The van der Waals surface area contributed by atoms with Crippen molar-refractivity contribution >= 4 is 17.5 Å². The van der Waals surface area contributed by atoms with E-state index < -0.39 is 0 Å². The van der Waals surface area contributed by atoms with Crippen molar-refractivity contribution in [3.8, 4) is 17.1 Å². The Morgan fingerprint density at radius 1 is 1.00 bits per heavy atom. The van der Waals surface area contributed by atoms with E-state index in [1.54, 1.807) is 4.90 Å². The number of rotatable bonds is 7. The van der Waals surface area contributed by atoms with E-state index >= 15 is 0 Å². The molecule has 1 fully saturated rings. The van der Waals surface area contributed by atoms with Crippen LogP contribution in [-0.2, 0) is 17.9 Å². The standard InChI is InChI=1S/C26H22ClN3O3/c27-22-9-5-4-8-20(22)16-30-23(14-15-24(30)31)26-28-25(29-33-26)19-10-12-21(13-11-19)32-17-18-6-2-1-3-7-18/h1-13,23H,14-17H2. The van der Waals surface area contributed by atoms with Crippen LogP contribution in [0.1, 0.15) is 35.9 Å². The highest BCUT2D eigenvalue weighted by Crippen LogP contribution is 2.35. The number of carbonyl (C=O) groups excluding carboxylic acids is 1. The normalized spacial score (nSPS) is 15.7. The molecule has 0 aliphatic carbocycles. The number of aromatic nitrogens is 2. The summed E-state index contributed by atoms with van der Waals surface area (Å²) in [5.41, 5.74) is 2.82. The van der Waals surface area contributed by atoms with Gasteiger partial charge in [0.25, 0.3) is 0 Å². The molecule has 3 aromatic carbocycles. The largest absolute Gasteiger partial charge is 0.489 e. The van der Waals surface area contributed by atoms with Gasteiger partial charge in [0, 0.05) is 23.6 Å². The Hall–Kier alpha value is -3.64. The van der Waals surface area contributed by atoms with Gasteiger partial charge >= 0.3 is 0 Å². The smallest absolute Gasteiger partial charge is 0.249 e. The van der Waals surface area contributed by atoms with Crippen LogP contribution in [0, 0.1) is 0 Å². The maximum Gasteiger partial charge on any atom is 0.249 e. The van der Waals surface area contributed by atoms with Gasteiger partial charge in [0.2, 0.25) is 17.6 Å². The second-order valence-corrected chi connectivity index (χ2v) is 8.33. The van der Waals surface area contributed by atoms with E-state index in [0.29, 0.717) is 42.7 Å². The summed E-state index contributed by atoms with van der Waals surface area (Å²) in [6.07, 6.45) is 1.08. The highest BCUT2D eigenvalue weighted by atomic mass is 35.5. The summed E-state index contributed by atoms with van der Waals surface area (Å²) in [6.45, 7) is 0.915. The number of ether oxygens (including phenoxy) is 1. The first kappa shape index (κ1) is 21.2. The van der Waals surface area contributed by atoms with E-state index in [2.05, 4.69) is 10.1 Å². The number of likely N-dealkylation sites (tertiary alicyclic amines) is 1. The Labute approximate surface area is 196 Å². The first-order valence-corrected chi connectivity index (χ1v) is 11.2. The fourth-order valence-corrected chi connectivity index (χ4v) is 4.12. The van der Waals surface area contributed by atoms with Crippen LogP contribution in [-0.4, -0.2) is 20.9 Å². The van der Waals surface area contributed by atoms with E-state index in [9.17, 15) is 4.79 Å². The molecular formula is C26H22ClN3O3. The molecule has 1 atom stereocenters. The molecule has 0 radical (unpaired) electrons. The van der Waals surface area contributed by atoms with Gasteiger partial charge in [0.15, 0.2) is 0 Å². The minimum atomic E-state index is -0.261. The number of halogens is 1. The lowest BCUT2D eigenvalue weighted by Crippen LogP contribution is -2.27. The molecule has 5 rings (SSSR count). The molecule has 33 heavy (non-hydrogen) atoms. The van der Waals surface area contributed by atoms with Crippen molar-refractivity contribution in [2.45, 2.75) is 32.0 Å². The first-order chi connectivity index (χ1) is 16.2. The number of hydrogen-bond acceptors (Lipinski definition) is 5. The summed E-state index contributed by atoms with van der Waals surface area (Å²) >= 11 is 6.30. The molecule has 1 aliphatic rings. The van der Waals surface area contributed by atoms with Gasteiger partial charge in [-0.1, -0.05) is 65.3 Å². The van der Waals surface area contributed by atoms with Crippen molar-refractivity contribution < 1.29 is 14.1 Å². The Bertz CT molecular complexity index is 1240. The lowest BCUT2D eigenvalue weighted by Gasteiger charge is -2.22. The van der Waals surface area contributed by atoms with Crippen molar-refractivity contribution in [3.05, 3.63) is 101 Å². The average Bonchev–Trinajstić information content (AvgIpc) is 3.47. The third-order valence-electron chi connectivity index (χ3n) is 5.71. The quantitative estimate of drug-likeness (QED) is 0.347. The molecule has 2 heterocycles. The van der Waals surface area contributed by atoms with Gasteiger partial charge in [-0.15, -0.1) is 0 Å². The maximum atomic E-state index is 12.5. The Morgan fingerprint density at radius 3 is 2.55 bits per heavy atom. The topological polar surface area (TPSA) is 68.5 Å². The monoisotopic (exact) mass is 459 g/mol. The van der Waals surface area contributed by atoms with Crippen molar-refractivity contribution in [2.75, 3.05) is 0 Å². The van der Waals surface area contributed by atoms with Gasteiger partial charge < -0.3 is 14.2 Å². The summed E-state index contributed by atoms with van der Waals surface area (Å²) in [7, 11) is 0. The lowest BCUT2D eigenvalue weighted by molar-refractivity contribution is -0.129. The SMILES string of the molecule is O=C1CCC(c2nc(-c3ccc(OCc4ccccc4)cc3)no2)N1Cc1ccccc1Cl. The lowest BCUT2D eigenvalue weighted by atomic mass is 10.1. The fourth-order valence-electron chi connectivity index (χ4n) is 3.93. The molecule has 0 saturated carbocycles. The second kappa shape index (κ2) is 9.46. The van der Waals surface area contributed by atoms with Gasteiger partial charge in [-0.25, -0.2) is 0 Å². The summed E-state index contributed by atoms with van der Waals surface area (Å²) < 4.78 is 11.4. The van der Waals surface area contributed by atoms with Gasteiger partial charge in [-0.05, 0) is 47.9 Å². The minimum absolute atomic E-state index is 0.0552. The molecule has 1 amide bonds. The average molecular weight is 460 g/mol. The molecular weight excluding hydrogens is 438 g/mol. The minimum Gasteiger partial charge on any atom is -0.489 e. The van der Waals surface area contributed by atoms with E-state index in [1.165, 1.54) is 0 Å². The molecule has 1 unspecified atom stereocenters. The molecule has 1 aliphatic heterocycles. The van der Waals surface area contributed by atoms with Gasteiger partial charge in [-0.3, -0.25) is 4.79 Å². The van der Waals surface area contributed by atoms with Crippen LogP contribution in [0.15, 0.2) is 83.4 Å². The van der Waals surface area contributed by atoms with Crippen molar-refractivity contribution in [2.24, 2.45) is 0 Å². The van der Waals surface area contributed by atoms with E-state index in [4.69, 9.17) is 20.9 Å². The Morgan fingerprint density at radius 2 is 1.76 bits per heavy atom. The molecule has 7 heteroatoms. The molecule has 0 bridgehead atoms. The van der Waals surface area contributed by atoms with Crippen LogP contribution in [0.2, 0.25) is 5.02 Å². The zero-order chi connectivity index (χ0) is 22.6. The van der Waals surface area contributed by atoms with E-state index in [-0.39, 0.29) is 11.9 Å². The summed E-state index contributed by atoms with van der Waals surface area (Å²) in [5, 5.41) is 4.78. The first-order valence-electron chi connectivity index (χ1n) is 10.8. The predicted molar refractivity (Wildman–Crippen MR) is 124 cm³/mol. The van der Waals surface area contributed by atoms with Crippen LogP contribution in [0.4, 0.5) is 0 Å². The van der Waals surface area contributed by atoms with Crippen LogP contribution in [0.25, 0.3) is 11.4 Å². The third-order valence-corrected chi connectivity index (χ3v) is 6.08. The molecule has 1 aromatic heterocycles. The summed E-state index contributed by atoms with van der Waals surface area (Å²) in [4.78, 5) is 18.9. The molecule has 4 aromatic rings. The highest BCUT2D eigenvalue weighted by Gasteiger charge is 2.36. The number of nitrogens with zero attached hydrogens (tertiary/aromatic N) is 3. The number of benzene rings is 3. The zero-order valence-electron chi connectivity index (χ0n) is 17.9. The van der Waals surface area contributed by atoms with Gasteiger partial charge in [-0.2, -0.15) is 4.98 Å². The predicted octanol–water partition coefficient (Wildman–Crippen LogP) is 5.83. The molecule has 6 nitrogen and oxygen atoms in total. The second-order valence-electron chi connectivity index (χ2n) is 7.92. The third kappa shape index (κ3) is 4.76. The highest BCUT2D eigenvalue weighted by molar-refractivity contribution is 6.31. The summed E-state index contributed by atoms with van der Waals surface area (Å²) in [5.74, 6) is 1.74. The Balaban J connectivity index is 1.28. The number of hydrogen-bond donors (Lipinski definition) is 0. The molecule has 1 saturated heterocycles. The van der Waals surface area contributed by atoms with Crippen molar-refractivity contribution in [1.82, 2.24) is 15.0 Å². The molecule has 166 valence electrons. The molecule has 0 spiro atoms. The van der Waals surface area contributed by atoms with Crippen LogP contribution < -0.4 is 4.74 Å². The van der Waals surface area contributed by atoms with Gasteiger partial charge in [0.1, 0.15) is 18.4 Å².